The first-order chi connectivity index (χ1) is 9.71. The molecule has 0 aliphatic carbocycles. The van der Waals surface area contributed by atoms with Crippen LogP contribution in [0, 0.1) is 6.92 Å². The Morgan fingerprint density at radius 1 is 1.48 bits per heavy atom. The summed E-state index contributed by atoms with van der Waals surface area (Å²) in [4.78, 5) is 14.1. The number of nitrogens with two attached hydrogens (primary N) is 1. The first kappa shape index (κ1) is 16.4. The topological polar surface area (TPSA) is 89.7 Å². The zero-order chi connectivity index (χ0) is 15.8. The first-order valence-corrected chi connectivity index (χ1v) is 8.73. The van der Waals surface area contributed by atoms with Crippen LogP contribution in [-0.2, 0) is 14.8 Å². The molecule has 1 heterocycles. The van der Waals surface area contributed by atoms with Gasteiger partial charge in [-0.1, -0.05) is 15.9 Å². The number of carbonyl (C=O) groups excluding carboxylic acids is 1. The number of carbonyl (C=O) groups is 1. The van der Waals surface area contributed by atoms with Gasteiger partial charge >= 0.3 is 0 Å². The molecular formula is C13H17BrN2O4S. The molecule has 1 atom stereocenters. The fourth-order valence-electron chi connectivity index (χ4n) is 2.22. The molecule has 1 unspecified atom stereocenters. The summed E-state index contributed by atoms with van der Waals surface area (Å²) in [7, 11) is -2.18. The molecule has 0 radical (unpaired) electrons. The molecule has 1 aromatic carbocycles. The van der Waals surface area contributed by atoms with Gasteiger partial charge in [0.15, 0.2) is 0 Å². The number of ether oxygens (including phenoxy) is 1. The van der Waals surface area contributed by atoms with E-state index in [9.17, 15) is 13.2 Å². The highest BCUT2D eigenvalue weighted by molar-refractivity contribution is 9.10. The summed E-state index contributed by atoms with van der Waals surface area (Å²) >= 11 is 3.27. The number of sulfonamides is 1. The second-order valence-corrected chi connectivity index (χ2v) is 7.47. The second kappa shape index (κ2) is 6.04. The Balaban J connectivity index is 2.42. The van der Waals surface area contributed by atoms with E-state index in [1.165, 1.54) is 12.1 Å². The van der Waals surface area contributed by atoms with Crippen molar-refractivity contribution in [2.24, 2.45) is 5.14 Å². The number of rotatable bonds is 3. The molecule has 1 fully saturated rings. The molecule has 6 nitrogen and oxygen atoms in total. The van der Waals surface area contributed by atoms with E-state index in [1.807, 2.05) is 0 Å². The third-order valence-corrected chi connectivity index (χ3v) is 5.37. The summed E-state index contributed by atoms with van der Waals surface area (Å²) in [5.74, 6) is -0.241. The third kappa shape index (κ3) is 3.45. The SMILES string of the molecule is Cc1c(Br)cc(S(N)(=O)=O)cc1C(=O)N(C)C1CCOC1. The predicted octanol–water partition coefficient (Wildman–Crippen LogP) is 1.27. The van der Waals surface area contributed by atoms with Crippen LogP contribution in [-0.4, -0.2) is 45.5 Å². The van der Waals surface area contributed by atoms with Crippen molar-refractivity contribution in [3.8, 4) is 0 Å². The molecule has 0 aromatic heterocycles. The fraction of sp³-hybridized carbons (Fsp3) is 0.462. The smallest absolute Gasteiger partial charge is 0.254 e. The van der Waals surface area contributed by atoms with Gasteiger partial charge < -0.3 is 9.64 Å². The van der Waals surface area contributed by atoms with Gasteiger partial charge in [0.05, 0.1) is 17.5 Å². The number of nitrogens with zero attached hydrogens (tertiary/aromatic N) is 1. The van der Waals surface area contributed by atoms with E-state index in [1.54, 1.807) is 18.9 Å². The highest BCUT2D eigenvalue weighted by atomic mass is 79.9. The average Bonchev–Trinajstić information content (AvgIpc) is 2.92. The number of amides is 1. The summed E-state index contributed by atoms with van der Waals surface area (Å²) < 4.78 is 28.8. The van der Waals surface area contributed by atoms with Crippen molar-refractivity contribution < 1.29 is 17.9 Å². The molecule has 116 valence electrons. The molecule has 21 heavy (non-hydrogen) atoms. The molecule has 2 N–H and O–H groups in total. The van der Waals surface area contributed by atoms with Crippen molar-refractivity contribution in [2.45, 2.75) is 24.3 Å². The van der Waals surface area contributed by atoms with E-state index in [0.717, 1.165) is 6.42 Å². The largest absolute Gasteiger partial charge is 0.379 e. The molecule has 0 bridgehead atoms. The van der Waals surface area contributed by atoms with Gasteiger partial charge in [0.2, 0.25) is 10.0 Å². The highest BCUT2D eigenvalue weighted by Gasteiger charge is 2.27. The number of primary sulfonamides is 1. The van der Waals surface area contributed by atoms with Crippen LogP contribution in [0.4, 0.5) is 0 Å². The summed E-state index contributed by atoms with van der Waals surface area (Å²) in [5.41, 5.74) is 1.00. The summed E-state index contributed by atoms with van der Waals surface area (Å²) in [6.45, 7) is 2.88. The van der Waals surface area contributed by atoms with Gasteiger partial charge in [0, 0.05) is 23.7 Å². The van der Waals surface area contributed by atoms with E-state index >= 15 is 0 Å². The van der Waals surface area contributed by atoms with Crippen molar-refractivity contribution in [1.82, 2.24) is 4.90 Å². The molecule has 1 amide bonds. The number of halogens is 1. The van der Waals surface area contributed by atoms with Gasteiger partial charge in [-0.3, -0.25) is 4.79 Å². The second-order valence-electron chi connectivity index (χ2n) is 5.06. The van der Waals surface area contributed by atoms with E-state index in [4.69, 9.17) is 9.88 Å². The van der Waals surface area contributed by atoms with Gasteiger partial charge in [-0.2, -0.15) is 0 Å². The highest BCUT2D eigenvalue weighted by Crippen LogP contribution is 2.26. The van der Waals surface area contributed by atoms with Crippen LogP contribution >= 0.6 is 15.9 Å². The van der Waals surface area contributed by atoms with Crippen LogP contribution in [0.2, 0.25) is 0 Å². The zero-order valence-electron chi connectivity index (χ0n) is 11.8. The summed E-state index contributed by atoms with van der Waals surface area (Å²) in [5, 5.41) is 5.15. The molecule has 2 rings (SSSR count). The van der Waals surface area contributed by atoms with Crippen LogP contribution < -0.4 is 5.14 Å². The van der Waals surface area contributed by atoms with E-state index < -0.39 is 10.0 Å². The fourth-order valence-corrected chi connectivity index (χ4v) is 3.40. The van der Waals surface area contributed by atoms with Gasteiger partial charge in [-0.05, 0) is 31.0 Å². The summed E-state index contributed by atoms with van der Waals surface area (Å²) in [6.07, 6.45) is 0.775. The first-order valence-electron chi connectivity index (χ1n) is 6.39. The standard InChI is InChI=1S/C13H17BrN2O4S/c1-8-11(5-10(6-12(8)14)21(15,18)19)13(17)16(2)9-3-4-20-7-9/h5-6,9H,3-4,7H2,1-2H3,(H2,15,18,19). The Bertz CT molecular complexity index is 669. The Kier molecular flexibility index (Phi) is 4.72. The molecular weight excluding hydrogens is 360 g/mol. The Morgan fingerprint density at radius 2 is 2.14 bits per heavy atom. The van der Waals surface area contributed by atoms with Gasteiger partial charge in [0.25, 0.3) is 5.91 Å². The molecule has 1 aliphatic rings. The van der Waals surface area contributed by atoms with Gasteiger partial charge in [-0.15, -0.1) is 0 Å². The molecule has 1 aromatic rings. The lowest BCUT2D eigenvalue weighted by Gasteiger charge is -2.24. The van der Waals surface area contributed by atoms with Crippen molar-refractivity contribution >= 4 is 31.9 Å². The minimum atomic E-state index is -3.87. The normalized spacial score (nSPS) is 18.8. The predicted molar refractivity (Wildman–Crippen MR) is 81.6 cm³/mol. The van der Waals surface area contributed by atoms with Crippen LogP contribution in [0.15, 0.2) is 21.5 Å². The monoisotopic (exact) mass is 376 g/mol. The van der Waals surface area contributed by atoms with Crippen LogP contribution in [0.5, 0.6) is 0 Å². The maximum atomic E-state index is 12.6. The van der Waals surface area contributed by atoms with E-state index in [0.29, 0.717) is 28.8 Å². The Morgan fingerprint density at radius 3 is 2.67 bits per heavy atom. The van der Waals surface area contributed by atoms with Crippen molar-refractivity contribution in [2.75, 3.05) is 20.3 Å². The molecule has 8 heteroatoms. The van der Waals surface area contributed by atoms with Crippen LogP contribution in [0.25, 0.3) is 0 Å². The number of hydrogen-bond acceptors (Lipinski definition) is 4. The molecule has 1 saturated heterocycles. The van der Waals surface area contributed by atoms with Crippen molar-refractivity contribution in [3.63, 3.8) is 0 Å². The third-order valence-electron chi connectivity index (χ3n) is 3.65. The lowest BCUT2D eigenvalue weighted by Crippen LogP contribution is -2.37. The molecule has 1 aliphatic heterocycles. The lowest BCUT2D eigenvalue weighted by molar-refractivity contribution is 0.0710. The maximum absolute atomic E-state index is 12.6. The van der Waals surface area contributed by atoms with Gasteiger partial charge in [-0.25, -0.2) is 13.6 Å². The number of benzene rings is 1. The van der Waals surface area contributed by atoms with E-state index in [2.05, 4.69) is 15.9 Å². The minimum Gasteiger partial charge on any atom is -0.379 e. The summed E-state index contributed by atoms with van der Waals surface area (Å²) in [6, 6.07) is 2.73. The number of likely N-dealkylation sites (N-methyl/N-ethyl adjacent to an activating group) is 1. The van der Waals surface area contributed by atoms with Crippen LogP contribution in [0.3, 0.4) is 0 Å². The van der Waals surface area contributed by atoms with Crippen LogP contribution in [0.1, 0.15) is 22.3 Å². The number of hydrogen-bond donors (Lipinski definition) is 1. The van der Waals surface area contributed by atoms with Crippen molar-refractivity contribution in [3.05, 3.63) is 27.7 Å². The quantitative estimate of drug-likeness (QED) is 0.859. The Hall–Kier alpha value is -0.960. The van der Waals surface area contributed by atoms with Gasteiger partial charge in [0.1, 0.15) is 0 Å². The molecule has 0 saturated carbocycles. The molecule has 0 spiro atoms. The van der Waals surface area contributed by atoms with E-state index in [-0.39, 0.29) is 16.8 Å². The lowest BCUT2D eigenvalue weighted by atomic mass is 10.1. The maximum Gasteiger partial charge on any atom is 0.254 e. The van der Waals surface area contributed by atoms with Crippen molar-refractivity contribution in [1.29, 1.82) is 0 Å². The minimum absolute atomic E-state index is 0.00816. The zero-order valence-corrected chi connectivity index (χ0v) is 14.2. The Labute approximate surface area is 132 Å². The average molecular weight is 377 g/mol.